The van der Waals surface area contributed by atoms with Crippen molar-refractivity contribution in [2.24, 2.45) is 0 Å². The molecule has 84 heavy (non-hydrogen) atoms. The first-order chi connectivity index (χ1) is 40.5. The first-order valence-corrected chi connectivity index (χ1v) is 25.7. The van der Waals surface area contributed by atoms with Crippen molar-refractivity contribution in [1.82, 2.24) is 0 Å². The van der Waals surface area contributed by atoms with Crippen molar-refractivity contribution in [3.63, 3.8) is 0 Å². The van der Waals surface area contributed by atoms with Crippen LogP contribution in [0.5, 0.6) is 69.0 Å². The molecule has 0 aliphatic carbocycles. The predicted molar refractivity (Wildman–Crippen MR) is 323 cm³/mol. The Kier molecular flexibility index (Phi) is 31.4. The Balaban J connectivity index is 0.000000278. The van der Waals surface area contributed by atoms with E-state index in [9.17, 15) is 30.0 Å². The van der Waals surface area contributed by atoms with E-state index in [1.54, 1.807) is 152 Å². The van der Waals surface area contributed by atoms with Crippen LogP contribution in [0.4, 0.5) is 0 Å². The molecule has 10 N–H and O–H groups in total. The number of phenolic OH excluding ortho intramolecular Hbond substituents is 6. The van der Waals surface area contributed by atoms with E-state index in [4.69, 9.17) is 59.1 Å². The quantitative estimate of drug-likeness (QED) is 0.0205. The fraction of sp³-hybridized carbons (Fsp3) is 0.182. The van der Waals surface area contributed by atoms with Gasteiger partial charge in [0.2, 0.25) is 6.79 Å². The molecule has 7 aromatic carbocycles. The normalized spacial score (nSPS) is 10.9. The zero-order valence-electron chi connectivity index (χ0n) is 47.1. The number of benzene rings is 7. The van der Waals surface area contributed by atoms with E-state index in [1.165, 1.54) is 52.7 Å². The van der Waals surface area contributed by atoms with Gasteiger partial charge in [0.15, 0.2) is 69.1 Å². The summed E-state index contributed by atoms with van der Waals surface area (Å²) >= 11 is 0. The summed E-state index contributed by atoms with van der Waals surface area (Å²) in [5.74, 6) is 3.13. The van der Waals surface area contributed by atoms with Crippen molar-refractivity contribution in [2.75, 3.05) is 55.1 Å². The van der Waals surface area contributed by atoms with Gasteiger partial charge >= 0.3 is 0 Å². The molecule has 0 bridgehead atoms. The highest BCUT2D eigenvalue weighted by molar-refractivity contribution is 6.11. The molecular formula is C66H72O18. The Labute approximate surface area is 488 Å². The van der Waals surface area contributed by atoms with Gasteiger partial charge in [-0.05, 0) is 149 Å². The second-order valence-electron chi connectivity index (χ2n) is 17.3. The maximum Gasteiger partial charge on any atom is 0.231 e. The van der Waals surface area contributed by atoms with Gasteiger partial charge in [-0.3, -0.25) is 9.59 Å². The predicted octanol–water partition coefficient (Wildman–Crippen LogP) is 10.1. The average Bonchev–Trinajstić information content (AvgIpc) is 4.09. The highest BCUT2D eigenvalue weighted by Gasteiger charge is 2.12. The number of phenols is 6. The Morgan fingerprint density at radius 2 is 0.857 bits per heavy atom. The van der Waals surface area contributed by atoms with E-state index < -0.39 is 0 Å². The molecule has 0 radical (unpaired) electrons. The summed E-state index contributed by atoms with van der Waals surface area (Å²) < 4.78 is 30.1. The maximum atomic E-state index is 11.9. The lowest BCUT2D eigenvalue weighted by molar-refractivity contribution is -0.121. The molecule has 8 rings (SSSR count). The number of carbonyl (C=O) groups excluding carboxylic acids is 2. The maximum absolute atomic E-state index is 11.9. The van der Waals surface area contributed by atoms with Crippen LogP contribution in [-0.2, 0) is 29.0 Å². The molecule has 0 unspecified atom stereocenters. The highest BCUT2D eigenvalue weighted by atomic mass is 16.7. The van der Waals surface area contributed by atoms with Gasteiger partial charge in [0.05, 0.1) is 54.7 Å². The van der Waals surface area contributed by atoms with Crippen LogP contribution in [0.25, 0.3) is 24.3 Å². The van der Waals surface area contributed by atoms with Gasteiger partial charge in [-0.1, -0.05) is 97.1 Å². The van der Waals surface area contributed by atoms with Crippen molar-refractivity contribution in [3.05, 3.63) is 215 Å². The van der Waals surface area contributed by atoms with Gasteiger partial charge in [-0.2, -0.15) is 0 Å². The van der Waals surface area contributed by atoms with Crippen LogP contribution in [-0.4, -0.2) is 118 Å². The smallest absolute Gasteiger partial charge is 0.231 e. The number of aliphatic hydroxyl groups is 4. The summed E-state index contributed by atoms with van der Waals surface area (Å²) in [4.78, 5) is 23.9. The third kappa shape index (κ3) is 25.6. The van der Waals surface area contributed by atoms with Gasteiger partial charge in [0.25, 0.3) is 0 Å². The van der Waals surface area contributed by atoms with E-state index >= 15 is 0 Å². The molecule has 18 nitrogen and oxygen atoms in total. The Morgan fingerprint density at radius 1 is 0.464 bits per heavy atom. The van der Waals surface area contributed by atoms with E-state index in [-0.39, 0.29) is 85.7 Å². The van der Waals surface area contributed by atoms with Crippen LogP contribution in [0, 0.1) is 0 Å². The largest absolute Gasteiger partial charge is 0.508 e. The van der Waals surface area contributed by atoms with E-state index in [2.05, 4.69) is 6.58 Å². The van der Waals surface area contributed by atoms with Gasteiger partial charge in [-0.15, -0.1) is 6.58 Å². The zero-order chi connectivity index (χ0) is 61.7. The van der Waals surface area contributed by atoms with Crippen LogP contribution in [0.15, 0.2) is 176 Å². The lowest BCUT2D eigenvalue weighted by Gasteiger charge is -2.04. The number of methoxy groups -OCH3 is 4. The highest BCUT2D eigenvalue weighted by Crippen LogP contribution is 2.33. The molecular weight excluding hydrogens is 1080 g/mol. The van der Waals surface area contributed by atoms with Gasteiger partial charge < -0.3 is 79.5 Å². The summed E-state index contributed by atoms with van der Waals surface area (Å²) in [6, 6.07) is 38.6. The number of hydrogen-bond donors (Lipinski definition) is 10. The molecule has 0 fully saturated rings. The number of hydrogen-bond acceptors (Lipinski definition) is 18. The van der Waals surface area contributed by atoms with Crippen LogP contribution in [0.1, 0.15) is 45.4 Å². The zero-order valence-corrected chi connectivity index (χ0v) is 47.1. The first kappa shape index (κ1) is 68.3. The van der Waals surface area contributed by atoms with Gasteiger partial charge in [-0.25, -0.2) is 0 Å². The number of fused-ring (bicyclic) bond motifs is 1. The van der Waals surface area contributed by atoms with Crippen molar-refractivity contribution in [2.45, 2.75) is 25.9 Å². The SMILES string of the molecule is C=CCc1ccc(O)c(OC)c1.COc1cc(/C=C/C(=O)CC(=O)/C=C/c2ccc(O)c(OC)c2)ccc1O.COc1cc(/C=C/CO)ccc1O.OC/C=C/c1ccc(O)cc1.OCCc1ccc(O)cc1.OCc1ccc2c(c1)OCO2. The van der Waals surface area contributed by atoms with E-state index in [0.29, 0.717) is 40.5 Å². The minimum Gasteiger partial charge on any atom is -0.508 e. The summed E-state index contributed by atoms with van der Waals surface area (Å²) in [5, 5.41) is 89.7. The molecule has 7 aromatic rings. The third-order valence-corrected chi connectivity index (χ3v) is 11.2. The second kappa shape index (κ2) is 38.6. The number of aromatic hydroxyl groups is 6. The van der Waals surface area contributed by atoms with Crippen LogP contribution >= 0.6 is 0 Å². The monoisotopic (exact) mass is 1150 g/mol. The fourth-order valence-electron chi connectivity index (χ4n) is 6.87. The molecule has 0 saturated heterocycles. The molecule has 1 heterocycles. The number of ketones is 2. The summed E-state index contributed by atoms with van der Waals surface area (Å²) in [7, 11) is 5.89. The molecule has 1 aliphatic rings. The minimum atomic E-state index is -0.347. The van der Waals surface area contributed by atoms with E-state index in [1.807, 2.05) is 18.2 Å². The molecule has 0 spiro atoms. The molecule has 444 valence electrons. The van der Waals surface area contributed by atoms with E-state index in [0.717, 1.165) is 45.7 Å². The van der Waals surface area contributed by atoms with Crippen molar-refractivity contribution >= 4 is 35.9 Å². The molecule has 0 aromatic heterocycles. The average molecular weight is 1150 g/mol. The number of allylic oxidation sites excluding steroid dienone is 3. The standard InChI is InChI=1S/C21H20O6.C10H12O3.C10H12O2.C9H10O2.C8H8O3.C8H10O2/c1-26-20-11-14(5-9-18(20)24)3-7-16(22)13-17(23)8-4-15-6-10-19(25)21(12-15)27-2;1-13-10-7-8(3-2-6-11)4-5-9(10)12;1-3-4-8-5-6-9(11)10(7-8)12-2;10-7-1-2-8-3-5-9(11)6-4-8;9-4-6-1-2-7-8(3-6)11-5-10-7;9-6-5-7-1-3-8(10)4-2-7/h3-12,24-25H,13H2,1-2H3;2-5,7,11-12H,6H2,1H3;3,5-7,11H,1,4H2,2H3;1-6,10-11H,7H2;1-3,9H,4-5H2;1-4,9-10H,5-6H2/b7-3+,8-4+;3-2+;;2-1+;;. The first-order valence-electron chi connectivity index (χ1n) is 25.7. The number of carbonyl (C=O) groups is 2. The lowest BCUT2D eigenvalue weighted by Crippen LogP contribution is -2.01. The topological polar surface area (TPSA) is 292 Å². The Bertz CT molecular complexity index is 3160. The third-order valence-electron chi connectivity index (χ3n) is 11.2. The van der Waals surface area contributed by atoms with Crippen molar-refractivity contribution < 1.29 is 89.1 Å². The van der Waals surface area contributed by atoms with Gasteiger partial charge in [0.1, 0.15) is 11.5 Å². The molecule has 0 amide bonds. The number of rotatable bonds is 19. The second-order valence-corrected chi connectivity index (χ2v) is 17.3. The van der Waals surface area contributed by atoms with Crippen molar-refractivity contribution in [1.29, 1.82) is 0 Å². The molecule has 1 aliphatic heterocycles. The number of ether oxygens (including phenoxy) is 6. The lowest BCUT2D eigenvalue weighted by atomic mass is 10.1. The van der Waals surface area contributed by atoms with Crippen LogP contribution in [0.3, 0.4) is 0 Å². The Hall–Kier alpha value is -9.98. The Morgan fingerprint density at radius 3 is 1.30 bits per heavy atom. The van der Waals surface area contributed by atoms with Crippen LogP contribution < -0.4 is 28.4 Å². The summed E-state index contributed by atoms with van der Waals surface area (Å²) in [6.07, 6.45) is 15.5. The van der Waals surface area contributed by atoms with Crippen molar-refractivity contribution in [3.8, 4) is 69.0 Å². The molecule has 0 saturated carbocycles. The summed E-state index contributed by atoms with van der Waals surface area (Å²) in [5.41, 5.74) is 6.14. The molecule has 0 atom stereocenters. The fourth-order valence-corrected chi connectivity index (χ4v) is 6.87. The van der Waals surface area contributed by atoms with Crippen LogP contribution in [0.2, 0.25) is 0 Å². The summed E-state index contributed by atoms with van der Waals surface area (Å²) in [6.45, 7) is 4.15. The molecule has 18 heteroatoms. The minimum absolute atomic E-state index is 0.00317. The van der Waals surface area contributed by atoms with Gasteiger partial charge in [0, 0.05) is 6.61 Å². The number of aliphatic hydroxyl groups excluding tert-OH is 4.